The first-order chi connectivity index (χ1) is 9.22. The van der Waals surface area contributed by atoms with Gasteiger partial charge in [0.05, 0.1) is 6.04 Å². The van der Waals surface area contributed by atoms with E-state index < -0.39 is 0 Å². The van der Waals surface area contributed by atoms with Gasteiger partial charge in [-0.2, -0.15) is 0 Å². The molecule has 2 aromatic rings. The summed E-state index contributed by atoms with van der Waals surface area (Å²) in [6.07, 6.45) is 3.02. The van der Waals surface area contributed by atoms with Crippen molar-refractivity contribution in [2.24, 2.45) is 0 Å². The van der Waals surface area contributed by atoms with E-state index >= 15 is 0 Å². The van der Waals surface area contributed by atoms with Gasteiger partial charge in [-0.25, -0.2) is 4.39 Å². The molecule has 3 heteroatoms. The average molecular weight is 275 g/mol. The van der Waals surface area contributed by atoms with Crippen LogP contribution in [0.15, 0.2) is 53.4 Å². The van der Waals surface area contributed by atoms with E-state index in [1.54, 1.807) is 11.8 Å². The van der Waals surface area contributed by atoms with Crippen LogP contribution in [-0.2, 0) is 0 Å². The second-order valence-corrected chi connectivity index (χ2v) is 5.27. The zero-order valence-electron chi connectivity index (χ0n) is 11.2. The molecule has 0 aliphatic rings. The SMILES string of the molecule is CCC(Nc1cccc(SC)c1)c1ccc(F)cc1. The lowest BCUT2D eigenvalue weighted by atomic mass is 10.0. The molecule has 1 atom stereocenters. The van der Waals surface area contributed by atoms with E-state index in [1.807, 2.05) is 18.2 Å². The van der Waals surface area contributed by atoms with E-state index in [4.69, 9.17) is 0 Å². The average Bonchev–Trinajstić information content (AvgIpc) is 2.46. The maximum absolute atomic E-state index is 13.0. The summed E-state index contributed by atoms with van der Waals surface area (Å²) in [5.41, 5.74) is 2.21. The predicted molar refractivity (Wildman–Crippen MR) is 81.3 cm³/mol. The highest BCUT2D eigenvalue weighted by atomic mass is 32.2. The minimum atomic E-state index is -0.192. The zero-order chi connectivity index (χ0) is 13.7. The van der Waals surface area contributed by atoms with Crippen molar-refractivity contribution in [2.75, 3.05) is 11.6 Å². The summed E-state index contributed by atoms with van der Waals surface area (Å²) in [6, 6.07) is 15.3. The molecule has 1 N–H and O–H groups in total. The Morgan fingerprint density at radius 3 is 2.53 bits per heavy atom. The van der Waals surface area contributed by atoms with Gasteiger partial charge in [-0.15, -0.1) is 11.8 Å². The predicted octanol–water partition coefficient (Wildman–Crippen LogP) is 5.11. The maximum atomic E-state index is 13.0. The Kier molecular flexibility index (Phi) is 4.86. The highest BCUT2D eigenvalue weighted by Crippen LogP contribution is 2.25. The molecule has 1 nitrogen and oxygen atoms in total. The maximum Gasteiger partial charge on any atom is 0.123 e. The zero-order valence-corrected chi connectivity index (χ0v) is 12.0. The van der Waals surface area contributed by atoms with Gasteiger partial charge >= 0.3 is 0 Å². The third-order valence-corrected chi connectivity index (χ3v) is 3.82. The molecule has 1 unspecified atom stereocenters. The van der Waals surface area contributed by atoms with Crippen molar-refractivity contribution >= 4 is 17.4 Å². The summed E-state index contributed by atoms with van der Waals surface area (Å²) >= 11 is 1.73. The van der Waals surface area contributed by atoms with Crippen molar-refractivity contribution < 1.29 is 4.39 Å². The van der Waals surface area contributed by atoms with Crippen LogP contribution in [0.25, 0.3) is 0 Å². The Morgan fingerprint density at radius 2 is 1.89 bits per heavy atom. The van der Waals surface area contributed by atoms with Gasteiger partial charge in [0.2, 0.25) is 0 Å². The molecule has 2 aromatic carbocycles. The first-order valence-corrected chi connectivity index (χ1v) is 7.61. The molecule has 100 valence electrons. The summed E-state index contributed by atoms with van der Waals surface area (Å²) in [6.45, 7) is 2.12. The highest BCUT2D eigenvalue weighted by molar-refractivity contribution is 7.98. The quantitative estimate of drug-likeness (QED) is 0.761. The van der Waals surface area contributed by atoms with Gasteiger partial charge in [-0.1, -0.05) is 25.1 Å². The van der Waals surface area contributed by atoms with Gasteiger partial charge in [0.25, 0.3) is 0 Å². The van der Waals surface area contributed by atoms with Crippen LogP contribution in [0.4, 0.5) is 10.1 Å². The largest absolute Gasteiger partial charge is 0.378 e. The van der Waals surface area contributed by atoms with Gasteiger partial charge in [-0.05, 0) is 48.6 Å². The lowest BCUT2D eigenvalue weighted by Gasteiger charge is -2.19. The number of halogens is 1. The highest BCUT2D eigenvalue weighted by Gasteiger charge is 2.09. The van der Waals surface area contributed by atoms with Crippen molar-refractivity contribution in [1.29, 1.82) is 0 Å². The third kappa shape index (κ3) is 3.74. The van der Waals surface area contributed by atoms with E-state index in [-0.39, 0.29) is 11.9 Å². The van der Waals surface area contributed by atoms with Gasteiger partial charge in [-0.3, -0.25) is 0 Å². The summed E-state index contributed by atoms with van der Waals surface area (Å²) in [5, 5.41) is 3.50. The number of hydrogen-bond acceptors (Lipinski definition) is 2. The first kappa shape index (κ1) is 13.9. The smallest absolute Gasteiger partial charge is 0.123 e. The van der Waals surface area contributed by atoms with Crippen LogP contribution < -0.4 is 5.32 Å². The van der Waals surface area contributed by atoms with Gasteiger partial charge in [0, 0.05) is 10.6 Å². The molecule has 19 heavy (non-hydrogen) atoms. The Labute approximate surface area is 118 Å². The molecule has 0 aliphatic carbocycles. The van der Waals surface area contributed by atoms with Crippen LogP contribution in [0.3, 0.4) is 0 Å². The number of hydrogen-bond donors (Lipinski definition) is 1. The molecular formula is C16H18FNS. The van der Waals surface area contributed by atoms with E-state index in [0.717, 1.165) is 17.7 Å². The minimum Gasteiger partial charge on any atom is -0.378 e. The molecule has 2 rings (SSSR count). The second-order valence-electron chi connectivity index (χ2n) is 4.39. The molecule has 0 fully saturated rings. The van der Waals surface area contributed by atoms with E-state index in [9.17, 15) is 4.39 Å². The summed E-state index contributed by atoms with van der Waals surface area (Å²) in [7, 11) is 0. The topological polar surface area (TPSA) is 12.0 Å². The third-order valence-electron chi connectivity index (χ3n) is 3.09. The second kappa shape index (κ2) is 6.62. The van der Waals surface area contributed by atoms with E-state index in [1.165, 1.54) is 17.0 Å². The summed E-state index contributed by atoms with van der Waals surface area (Å²) in [4.78, 5) is 1.24. The Hall–Kier alpha value is -1.48. The number of anilines is 1. The van der Waals surface area contributed by atoms with Crippen LogP contribution >= 0.6 is 11.8 Å². The monoisotopic (exact) mass is 275 g/mol. The number of rotatable bonds is 5. The lowest BCUT2D eigenvalue weighted by Crippen LogP contribution is -2.09. The number of nitrogens with one attached hydrogen (secondary N) is 1. The molecule has 0 spiro atoms. The Morgan fingerprint density at radius 1 is 1.16 bits per heavy atom. The van der Waals surface area contributed by atoms with Crippen LogP contribution in [-0.4, -0.2) is 6.26 Å². The van der Waals surface area contributed by atoms with Crippen molar-refractivity contribution in [3.05, 3.63) is 59.9 Å². The summed E-state index contributed by atoms with van der Waals surface area (Å²) in [5.74, 6) is -0.192. The fraction of sp³-hybridized carbons (Fsp3) is 0.250. The number of benzene rings is 2. The van der Waals surface area contributed by atoms with Crippen LogP contribution in [0, 0.1) is 5.82 Å². The van der Waals surface area contributed by atoms with Gasteiger partial charge in [0.1, 0.15) is 5.82 Å². The fourth-order valence-corrected chi connectivity index (χ4v) is 2.49. The van der Waals surface area contributed by atoms with E-state index in [0.29, 0.717) is 0 Å². The van der Waals surface area contributed by atoms with E-state index in [2.05, 4.69) is 36.7 Å². The van der Waals surface area contributed by atoms with Gasteiger partial charge < -0.3 is 5.32 Å². The molecule has 0 bridgehead atoms. The van der Waals surface area contributed by atoms with Crippen LogP contribution in [0.2, 0.25) is 0 Å². The molecule has 0 aliphatic heterocycles. The fourth-order valence-electron chi connectivity index (χ4n) is 2.03. The van der Waals surface area contributed by atoms with Crippen molar-refractivity contribution in [2.45, 2.75) is 24.3 Å². The van der Waals surface area contributed by atoms with Crippen LogP contribution in [0.1, 0.15) is 24.9 Å². The molecule has 0 saturated heterocycles. The molecule has 0 radical (unpaired) electrons. The Bertz CT molecular complexity index is 525. The Balaban J connectivity index is 2.16. The normalized spacial score (nSPS) is 12.2. The molecule has 0 amide bonds. The standard InChI is InChI=1S/C16H18FNS/c1-3-16(12-7-9-13(17)10-8-12)18-14-5-4-6-15(11-14)19-2/h4-11,16,18H,3H2,1-2H3. The number of thioether (sulfide) groups is 1. The molecular weight excluding hydrogens is 257 g/mol. The molecule has 0 aromatic heterocycles. The van der Waals surface area contributed by atoms with Gasteiger partial charge in [0.15, 0.2) is 0 Å². The first-order valence-electron chi connectivity index (χ1n) is 6.39. The van der Waals surface area contributed by atoms with Crippen molar-refractivity contribution in [3.8, 4) is 0 Å². The lowest BCUT2D eigenvalue weighted by molar-refractivity contribution is 0.625. The minimum absolute atomic E-state index is 0.192. The van der Waals surface area contributed by atoms with Crippen molar-refractivity contribution in [3.63, 3.8) is 0 Å². The summed E-state index contributed by atoms with van der Waals surface area (Å²) < 4.78 is 13.0. The van der Waals surface area contributed by atoms with Crippen molar-refractivity contribution in [1.82, 2.24) is 0 Å². The van der Waals surface area contributed by atoms with Crippen LogP contribution in [0.5, 0.6) is 0 Å². The molecule has 0 heterocycles. The molecule has 0 saturated carbocycles.